The predicted molar refractivity (Wildman–Crippen MR) is 140 cm³/mol. The van der Waals surface area contributed by atoms with Crippen molar-refractivity contribution in [2.24, 2.45) is 0 Å². The zero-order valence-electron chi connectivity index (χ0n) is 21.2. The van der Waals surface area contributed by atoms with Gasteiger partial charge in [-0.3, -0.25) is 9.59 Å². The van der Waals surface area contributed by atoms with Crippen LogP contribution in [0.2, 0.25) is 5.02 Å². The maximum atomic E-state index is 13.2. The number of Topliss-reactive ketones (excluding diaryl/α,β-unsaturated/α-hetero) is 1. The first-order valence-corrected chi connectivity index (χ1v) is 12.6. The van der Waals surface area contributed by atoms with E-state index in [9.17, 15) is 14.7 Å². The molecule has 1 aliphatic heterocycles. The maximum absolute atomic E-state index is 13.2. The van der Waals surface area contributed by atoms with E-state index in [1.54, 1.807) is 23.1 Å². The highest BCUT2D eigenvalue weighted by Gasteiger charge is 2.45. The van der Waals surface area contributed by atoms with Crippen LogP contribution < -0.4 is 4.74 Å². The van der Waals surface area contributed by atoms with Crippen molar-refractivity contribution in [3.8, 4) is 5.75 Å². The van der Waals surface area contributed by atoms with Crippen LogP contribution in [0.3, 0.4) is 0 Å². The number of ether oxygens (including phenoxy) is 1. The van der Waals surface area contributed by atoms with Crippen LogP contribution in [0.25, 0.3) is 5.76 Å². The number of benzene rings is 2. The van der Waals surface area contributed by atoms with Crippen LogP contribution in [0.1, 0.15) is 62.8 Å². The van der Waals surface area contributed by atoms with Gasteiger partial charge >= 0.3 is 0 Å². The molecule has 1 amide bonds. The minimum absolute atomic E-state index is 0.0800. The van der Waals surface area contributed by atoms with Crippen molar-refractivity contribution in [1.29, 1.82) is 0 Å². The summed E-state index contributed by atoms with van der Waals surface area (Å²) >= 11 is 6.27. The van der Waals surface area contributed by atoms with Crippen LogP contribution in [0.5, 0.6) is 5.75 Å². The van der Waals surface area contributed by atoms with Crippen LogP contribution in [0.15, 0.2) is 48.0 Å². The molecule has 1 saturated heterocycles. The van der Waals surface area contributed by atoms with Gasteiger partial charge in [0, 0.05) is 12.1 Å². The van der Waals surface area contributed by atoms with Crippen LogP contribution in [0, 0.1) is 0 Å². The zero-order valence-corrected chi connectivity index (χ0v) is 21.9. The molecule has 0 spiro atoms. The monoisotopic (exact) mass is 498 g/mol. The Morgan fingerprint density at radius 2 is 1.77 bits per heavy atom. The molecule has 1 N–H and O–H groups in total. The number of likely N-dealkylation sites (tertiary alicyclic amines) is 1. The van der Waals surface area contributed by atoms with Crippen LogP contribution >= 0.6 is 11.6 Å². The van der Waals surface area contributed by atoms with Gasteiger partial charge in [-0.25, -0.2) is 0 Å². The highest BCUT2D eigenvalue weighted by Crippen LogP contribution is 2.40. The fourth-order valence-electron chi connectivity index (χ4n) is 4.49. The molecule has 6 nitrogen and oxygen atoms in total. The van der Waals surface area contributed by atoms with E-state index < -0.39 is 17.7 Å². The molecule has 7 heteroatoms. The normalized spacial score (nSPS) is 17.6. The van der Waals surface area contributed by atoms with Gasteiger partial charge in [-0.05, 0) is 61.3 Å². The highest BCUT2D eigenvalue weighted by molar-refractivity contribution is 6.46. The number of amides is 1. The Kier molecular flexibility index (Phi) is 8.98. The molecule has 0 unspecified atom stereocenters. The maximum Gasteiger partial charge on any atom is 0.295 e. The summed E-state index contributed by atoms with van der Waals surface area (Å²) in [6.07, 6.45) is 0.726. The van der Waals surface area contributed by atoms with E-state index in [0.717, 1.165) is 37.2 Å². The largest absolute Gasteiger partial charge is 0.507 e. The van der Waals surface area contributed by atoms with Crippen molar-refractivity contribution in [3.05, 3.63) is 69.8 Å². The number of nitrogens with zero attached hydrogens (tertiary/aromatic N) is 2. The molecule has 1 aliphatic rings. The first-order chi connectivity index (χ1) is 16.7. The lowest BCUT2D eigenvalue weighted by Gasteiger charge is -2.27. The summed E-state index contributed by atoms with van der Waals surface area (Å²) in [6.45, 7) is 11.5. The molecule has 0 saturated carbocycles. The Balaban J connectivity index is 2.06. The molecular formula is C28H35ClN2O4. The smallest absolute Gasteiger partial charge is 0.295 e. The second-order valence-corrected chi connectivity index (χ2v) is 9.45. The minimum Gasteiger partial charge on any atom is -0.507 e. The van der Waals surface area contributed by atoms with Gasteiger partial charge < -0.3 is 19.6 Å². The topological polar surface area (TPSA) is 70.1 Å². The van der Waals surface area contributed by atoms with E-state index in [1.165, 1.54) is 7.11 Å². The lowest BCUT2D eigenvalue weighted by molar-refractivity contribution is -0.140. The van der Waals surface area contributed by atoms with Gasteiger partial charge in [0.1, 0.15) is 11.5 Å². The van der Waals surface area contributed by atoms with E-state index in [0.29, 0.717) is 28.8 Å². The minimum atomic E-state index is -0.685. The second kappa shape index (κ2) is 11.7. The number of aliphatic hydroxyl groups is 1. The third-order valence-corrected chi connectivity index (χ3v) is 6.95. The average molecular weight is 499 g/mol. The zero-order chi connectivity index (χ0) is 25.7. The number of hydrogen-bond acceptors (Lipinski definition) is 5. The number of ketones is 1. The van der Waals surface area contributed by atoms with Gasteiger partial charge in [0.2, 0.25) is 0 Å². The van der Waals surface area contributed by atoms with Gasteiger partial charge in [0.15, 0.2) is 0 Å². The van der Waals surface area contributed by atoms with E-state index in [2.05, 4.69) is 32.6 Å². The molecule has 2 aromatic rings. The molecule has 3 rings (SSSR count). The van der Waals surface area contributed by atoms with Gasteiger partial charge in [0.05, 0.1) is 23.7 Å². The summed E-state index contributed by atoms with van der Waals surface area (Å²) in [5.74, 6) is -0.706. The summed E-state index contributed by atoms with van der Waals surface area (Å²) in [4.78, 5) is 30.3. The molecule has 0 aliphatic carbocycles. The number of methoxy groups -OCH3 is 1. The lowest BCUT2D eigenvalue weighted by atomic mass is 9.93. The molecule has 0 bridgehead atoms. The first-order valence-electron chi connectivity index (χ1n) is 12.2. The van der Waals surface area contributed by atoms with Gasteiger partial charge in [-0.1, -0.05) is 63.6 Å². The highest BCUT2D eigenvalue weighted by atomic mass is 35.5. The number of rotatable bonds is 10. The van der Waals surface area contributed by atoms with Crippen LogP contribution in [-0.2, 0) is 9.59 Å². The van der Waals surface area contributed by atoms with Crippen molar-refractivity contribution in [2.75, 3.05) is 33.3 Å². The SMILES string of the molecule is CCN(CC)CCCN1C(=O)C(=O)C(=C(O)c2ccc(OC)c(Cl)c2)[C@H]1c1ccc(C(C)C)cc1. The van der Waals surface area contributed by atoms with E-state index in [4.69, 9.17) is 16.3 Å². The third-order valence-electron chi connectivity index (χ3n) is 6.65. The summed E-state index contributed by atoms with van der Waals surface area (Å²) in [5, 5.41) is 11.6. The standard InChI is InChI=1S/C28H35ClN2O4/c1-6-30(7-2)15-8-16-31-25(20-11-9-19(10-12-20)18(3)4)24(27(33)28(31)34)26(32)21-13-14-23(35-5)22(29)17-21/h9-14,17-18,25,32H,6-8,15-16H2,1-5H3/t25-/m1/s1. The molecule has 1 heterocycles. The molecule has 188 valence electrons. The Bertz CT molecular complexity index is 1090. The van der Waals surface area contributed by atoms with E-state index in [1.807, 2.05) is 24.3 Å². The quantitative estimate of drug-likeness (QED) is 0.261. The Hall–Kier alpha value is -2.83. The molecule has 0 radical (unpaired) electrons. The van der Waals surface area contributed by atoms with Gasteiger partial charge in [0.25, 0.3) is 11.7 Å². The Labute approximate surface area is 213 Å². The van der Waals surface area contributed by atoms with Crippen LogP contribution in [-0.4, -0.2) is 59.9 Å². The number of carbonyl (C=O) groups is 2. The fraction of sp³-hybridized carbons (Fsp3) is 0.429. The van der Waals surface area contributed by atoms with Crippen molar-refractivity contribution >= 4 is 29.1 Å². The first kappa shape index (κ1) is 26.8. The molecule has 1 fully saturated rings. The van der Waals surface area contributed by atoms with E-state index >= 15 is 0 Å². The summed E-state index contributed by atoms with van der Waals surface area (Å²) in [5.41, 5.74) is 2.39. The molecule has 0 aromatic heterocycles. The summed E-state index contributed by atoms with van der Waals surface area (Å²) in [7, 11) is 1.51. The van der Waals surface area contributed by atoms with Gasteiger partial charge in [-0.2, -0.15) is 0 Å². The summed E-state index contributed by atoms with van der Waals surface area (Å²) < 4.78 is 5.20. The van der Waals surface area contributed by atoms with Crippen molar-refractivity contribution in [2.45, 2.75) is 46.1 Å². The molecular weight excluding hydrogens is 464 g/mol. The van der Waals surface area contributed by atoms with Gasteiger partial charge in [-0.15, -0.1) is 0 Å². The lowest BCUT2D eigenvalue weighted by Crippen LogP contribution is -2.33. The van der Waals surface area contributed by atoms with Crippen molar-refractivity contribution in [1.82, 2.24) is 9.80 Å². The number of halogens is 1. The molecule has 2 aromatic carbocycles. The molecule has 1 atom stereocenters. The van der Waals surface area contributed by atoms with Crippen LogP contribution in [0.4, 0.5) is 0 Å². The van der Waals surface area contributed by atoms with Crippen molar-refractivity contribution < 1.29 is 19.4 Å². The number of aliphatic hydroxyl groups excluding tert-OH is 1. The average Bonchev–Trinajstić information content (AvgIpc) is 3.11. The summed E-state index contributed by atoms with van der Waals surface area (Å²) in [6, 6.07) is 12.0. The Morgan fingerprint density at radius 1 is 1.11 bits per heavy atom. The second-order valence-electron chi connectivity index (χ2n) is 9.04. The fourth-order valence-corrected chi connectivity index (χ4v) is 4.75. The van der Waals surface area contributed by atoms with E-state index in [-0.39, 0.29) is 11.3 Å². The third kappa shape index (κ3) is 5.71. The number of carbonyl (C=O) groups excluding carboxylic acids is 2. The molecule has 35 heavy (non-hydrogen) atoms. The Morgan fingerprint density at radius 3 is 2.31 bits per heavy atom. The predicted octanol–water partition coefficient (Wildman–Crippen LogP) is 5.63. The van der Waals surface area contributed by atoms with Crippen molar-refractivity contribution in [3.63, 3.8) is 0 Å². The number of hydrogen-bond donors (Lipinski definition) is 1.